The molecule has 0 saturated heterocycles. The number of hydrogen-bond donors (Lipinski definition) is 1. The highest BCUT2D eigenvalue weighted by atomic mass is 79.9. The average molecular weight is 284 g/mol. The van der Waals surface area contributed by atoms with Crippen LogP contribution in [0.2, 0.25) is 0 Å². The van der Waals surface area contributed by atoms with Crippen molar-refractivity contribution in [1.29, 1.82) is 0 Å². The zero-order chi connectivity index (χ0) is 11.5. The molecule has 0 amide bonds. The largest absolute Gasteiger partial charge is 0.411 e. The highest BCUT2D eigenvalue weighted by Crippen LogP contribution is 2.20. The summed E-state index contributed by atoms with van der Waals surface area (Å²) in [5.41, 5.74) is 6.53. The fourth-order valence-corrected chi connectivity index (χ4v) is 1.35. The van der Waals surface area contributed by atoms with E-state index in [2.05, 4.69) is 20.7 Å². The normalized spacial score (nSPS) is 11.7. The molecule has 0 atom stereocenters. The van der Waals surface area contributed by atoms with Crippen LogP contribution >= 0.6 is 15.9 Å². The van der Waals surface area contributed by atoms with E-state index in [1.54, 1.807) is 18.2 Å². The van der Waals surface area contributed by atoms with Crippen molar-refractivity contribution < 1.29 is 17.9 Å². The lowest BCUT2D eigenvalue weighted by atomic mass is 10.2. The minimum absolute atomic E-state index is 0.140. The van der Waals surface area contributed by atoms with Gasteiger partial charge in [-0.1, -0.05) is 22.0 Å². The van der Waals surface area contributed by atoms with E-state index in [9.17, 15) is 13.2 Å². The van der Waals surface area contributed by atoms with Gasteiger partial charge in [0.2, 0.25) is 0 Å². The Labute approximate surface area is 93.3 Å². The van der Waals surface area contributed by atoms with Gasteiger partial charge in [-0.25, -0.2) is 0 Å². The highest BCUT2D eigenvalue weighted by molar-refractivity contribution is 9.10. The molecule has 0 unspecified atom stereocenters. The van der Waals surface area contributed by atoms with E-state index in [1.807, 2.05) is 0 Å². The molecule has 0 heterocycles. The molecule has 2 nitrogen and oxygen atoms in total. The van der Waals surface area contributed by atoms with E-state index in [0.29, 0.717) is 11.3 Å². The highest BCUT2D eigenvalue weighted by Gasteiger charge is 2.27. The Morgan fingerprint density at radius 1 is 1.33 bits per heavy atom. The third-order valence-corrected chi connectivity index (χ3v) is 2.12. The molecule has 0 aromatic heterocycles. The third kappa shape index (κ3) is 4.53. The second-order valence-electron chi connectivity index (χ2n) is 2.95. The number of alkyl halides is 3. The van der Waals surface area contributed by atoms with Crippen LogP contribution in [0.3, 0.4) is 0 Å². The molecule has 15 heavy (non-hydrogen) atoms. The molecular weight excluding hydrogens is 275 g/mol. The molecule has 0 aliphatic heterocycles. The van der Waals surface area contributed by atoms with Gasteiger partial charge in [0.15, 0.2) is 0 Å². The maximum absolute atomic E-state index is 11.8. The molecule has 0 saturated carbocycles. The van der Waals surface area contributed by atoms with Crippen molar-refractivity contribution in [2.24, 2.45) is 0 Å². The van der Waals surface area contributed by atoms with Gasteiger partial charge in [0.25, 0.3) is 0 Å². The minimum Gasteiger partial charge on any atom is -0.398 e. The second kappa shape index (κ2) is 4.85. The van der Waals surface area contributed by atoms with Crippen LogP contribution in [0.4, 0.5) is 18.9 Å². The van der Waals surface area contributed by atoms with Gasteiger partial charge in [-0.15, -0.1) is 0 Å². The molecule has 0 fully saturated rings. The lowest BCUT2D eigenvalue weighted by molar-refractivity contribution is -0.176. The van der Waals surface area contributed by atoms with Crippen LogP contribution in [0.5, 0.6) is 0 Å². The zero-order valence-electron chi connectivity index (χ0n) is 7.64. The SMILES string of the molecule is Nc1cc(Br)ccc1COCC(F)(F)F. The predicted molar refractivity (Wildman–Crippen MR) is 54.3 cm³/mol. The first-order valence-corrected chi connectivity index (χ1v) is 4.86. The van der Waals surface area contributed by atoms with Crippen molar-refractivity contribution >= 4 is 21.6 Å². The molecule has 0 aliphatic carbocycles. The molecule has 1 aromatic carbocycles. The summed E-state index contributed by atoms with van der Waals surface area (Å²) in [4.78, 5) is 0. The average Bonchev–Trinajstić information content (AvgIpc) is 2.07. The van der Waals surface area contributed by atoms with Crippen LogP contribution in [0, 0.1) is 0 Å². The van der Waals surface area contributed by atoms with Crippen LogP contribution in [0.15, 0.2) is 22.7 Å². The number of halogens is 4. The van der Waals surface area contributed by atoms with E-state index in [4.69, 9.17) is 5.73 Å². The van der Waals surface area contributed by atoms with E-state index >= 15 is 0 Å². The standard InChI is InChI=1S/C9H9BrF3NO/c10-7-2-1-6(8(14)3-7)4-15-5-9(11,12)13/h1-3H,4-5,14H2. The lowest BCUT2D eigenvalue weighted by Crippen LogP contribution is -2.17. The Morgan fingerprint density at radius 3 is 2.53 bits per heavy atom. The Kier molecular flexibility index (Phi) is 3.98. The zero-order valence-corrected chi connectivity index (χ0v) is 9.23. The number of benzene rings is 1. The molecule has 6 heteroatoms. The fraction of sp³-hybridized carbons (Fsp3) is 0.333. The van der Waals surface area contributed by atoms with Crippen LogP contribution < -0.4 is 5.73 Å². The van der Waals surface area contributed by atoms with Crippen LogP contribution in [-0.2, 0) is 11.3 Å². The van der Waals surface area contributed by atoms with Crippen molar-refractivity contribution in [3.05, 3.63) is 28.2 Å². The maximum Gasteiger partial charge on any atom is 0.411 e. The summed E-state index contributed by atoms with van der Waals surface area (Å²) in [5, 5.41) is 0. The fourth-order valence-electron chi connectivity index (χ4n) is 0.974. The summed E-state index contributed by atoms with van der Waals surface area (Å²) in [6.07, 6.45) is -4.30. The Bertz CT molecular complexity index is 341. The van der Waals surface area contributed by atoms with Gasteiger partial charge in [0, 0.05) is 15.7 Å². The van der Waals surface area contributed by atoms with Crippen molar-refractivity contribution in [2.45, 2.75) is 12.8 Å². The monoisotopic (exact) mass is 283 g/mol. The number of nitrogens with two attached hydrogens (primary N) is 1. The second-order valence-corrected chi connectivity index (χ2v) is 3.87. The first-order chi connectivity index (χ1) is 6.88. The summed E-state index contributed by atoms with van der Waals surface area (Å²) in [7, 11) is 0. The van der Waals surface area contributed by atoms with Gasteiger partial charge >= 0.3 is 6.18 Å². The summed E-state index contributed by atoms with van der Waals surface area (Å²) >= 11 is 3.20. The van der Waals surface area contributed by atoms with E-state index < -0.39 is 12.8 Å². The Morgan fingerprint density at radius 2 is 2.00 bits per heavy atom. The first-order valence-electron chi connectivity index (χ1n) is 4.07. The summed E-state index contributed by atoms with van der Waals surface area (Å²) < 4.78 is 40.5. The van der Waals surface area contributed by atoms with Gasteiger partial charge in [-0.05, 0) is 12.1 Å². The van der Waals surface area contributed by atoms with E-state index in [1.165, 1.54) is 0 Å². The predicted octanol–water partition coefficient (Wildman–Crippen LogP) is 3.11. The summed E-state index contributed by atoms with van der Waals surface area (Å²) in [6, 6.07) is 4.94. The molecule has 1 rings (SSSR count). The number of rotatable bonds is 3. The lowest BCUT2D eigenvalue weighted by Gasteiger charge is -2.09. The molecular formula is C9H9BrF3NO. The Hall–Kier alpha value is -0.750. The third-order valence-electron chi connectivity index (χ3n) is 1.63. The maximum atomic E-state index is 11.8. The molecule has 0 bridgehead atoms. The number of hydrogen-bond acceptors (Lipinski definition) is 2. The first kappa shape index (κ1) is 12.3. The van der Waals surface area contributed by atoms with Crippen molar-refractivity contribution in [3.63, 3.8) is 0 Å². The van der Waals surface area contributed by atoms with E-state index in [-0.39, 0.29) is 6.61 Å². The number of anilines is 1. The summed E-state index contributed by atoms with van der Waals surface area (Å²) in [5.74, 6) is 0. The summed E-state index contributed by atoms with van der Waals surface area (Å²) in [6.45, 7) is -1.40. The molecule has 0 radical (unpaired) electrons. The number of nitrogen functional groups attached to an aromatic ring is 1. The van der Waals surface area contributed by atoms with Crippen molar-refractivity contribution in [2.75, 3.05) is 12.3 Å². The molecule has 1 aromatic rings. The van der Waals surface area contributed by atoms with Gasteiger partial charge < -0.3 is 10.5 Å². The van der Waals surface area contributed by atoms with E-state index in [0.717, 1.165) is 4.47 Å². The minimum atomic E-state index is -4.30. The molecule has 0 aliphatic rings. The smallest absolute Gasteiger partial charge is 0.398 e. The van der Waals surface area contributed by atoms with Gasteiger partial charge in [-0.3, -0.25) is 0 Å². The molecule has 0 spiro atoms. The van der Waals surface area contributed by atoms with Gasteiger partial charge in [-0.2, -0.15) is 13.2 Å². The Balaban J connectivity index is 2.51. The van der Waals surface area contributed by atoms with Crippen LogP contribution in [0.1, 0.15) is 5.56 Å². The van der Waals surface area contributed by atoms with Crippen molar-refractivity contribution in [1.82, 2.24) is 0 Å². The quantitative estimate of drug-likeness (QED) is 0.865. The molecule has 2 N–H and O–H groups in total. The molecule has 84 valence electrons. The topological polar surface area (TPSA) is 35.2 Å². The van der Waals surface area contributed by atoms with Crippen LogP contribution in [-0.4, -0.2) is 12.8 Å². The van der Waals surface area contributed by atoms with Gasteiger partial charge in [0.05, 0.1) is 6.61 Å². The number of ether oxygens (including phenoxy) is 1. The van der Waals surface area contributed by atoms with Crippen LogP contribution in [0.25, 0.3) is 0 Å². The van der Waals surface area contributed by atoms with Crippen molar-refractivity contribution in [3.8, 4) is 0 Å². The van der Waals surface area contributed by atoms with Gasteiger partial charge in [0.1, 0.15) is 6.61 Å².